The van der Waals surface area contributed by atoms with E-state index in [0.717, 1.165) is 6.42 Å². The van der Waals surface area contributed by atoms with Gasteiger partial charge >= 0.3 is 0 Å². The lowest BCUT2D eigenvalue weighted by atomic mass is 10.3. The molecule has 11 heavy (non-hydrogen) atoms. The van der Waals surface area contributed by atoms with Gasteiger partial charge < -0.3 is 9.84 Å². The summed E-state index contributed by atoms with van der Waals surface area (Å²) in [7, 11) is 0. The summed E-state index contributed by atoms with van der Waals surface area (Å²) in [5.41, 5.74) is 0. The molecule has 1 aromatic carbocycles. The van der Waals surface area contributed by atoms with Gasteiger partial charge in [0.15, 0.2) is 11.5 Å². The van der Waals surface area contributed by atoms with Gasteiger partial charge in [-0.2, -0.15) is 0 Å². The van der Waals surface area contributed by atoms with Crippen LogP contribution < -0.4 is 4.74 Å². The van der Waals surface area contributed by atoms with Crippen LogP contribution in [0.25, 0.3) is 0 Å². The van der Waals surface area contributed by atoms with Crippen molar-refractivity contribution in [2.45, 2.75) is 13.3 Å². The quantitative estimate of drug-likeness (QED) is 0.715. The highest BCUT2D eigenvalue weighted by atomic mass is 16.5. The first-order valence-electron chi connectivity index (χ1n) is 3.67. The second-order valence-corrected chi connectivity index (χ2v) is 2.23. The molecule has 1 radical (unpaired) electrons. The number of para-hydroxylation sites is 1. The van der Waals surface area contributed by atoms with Crippen molar-refractivity contribution in [3.63, 3.8) is 0 Å². The largest absolute Gasteiger partial charge is 0.504 e. The minimum Gasteiger partial charge on any atom is -0.504 e. The standard InChI is InChI=1S/C9H11O2/c1-2-7-11-9-6-4-3-5-8(9)10/h3-4,6,10H,2,7H2,1H3. The summed E-state index contributed by atoms with van der Waals surface area (Å²) in [6, 6.07) is 7.79. The van der Waals surface area contributed by atoms with Crippen molar-refractivity contribution in [1.29, 1.82) is 0 Å². The molecule has 59 valence electrons. The number of phenols is 1. The topological polar surface area (TPSA) is 29.5 Å². The lowest BCUT2D eigenvalue weighted by Crippen LogP contribution is -1.94. The smallest absolute Gasteiger partial charge is 0.165 e. The number of aromatic hydroxyl groups is 1. The lowest BCUT2D eigenvalue weighted by Gasteiger charge is -2.04. The second kappa shape index (κ2) is 3.86. The van der Waals surface area contributed by atoms with Gasteiger partial charge in [0.05, 0.1) is 6.61 Å². The molecule has 0 spiro atoms. The van der Waals surface area contributed by atoms with E-state index in [2.05, 4.69) is 6.07 Å². The maximum Gasteiger partial charge on any atom is 0.165 e. The summed E-state index contributed by atoms with van der Waals surface area (Å²) in [4.78, 5) is 0. The van der Waals surface area contributed by atoms with Crippen LogP contribution in [0.1, 0.15) is 13.3 Å². The molecule has 0 atom stereocenters. The molecular formula is C9H11O2. The van der Waals surface area contributed by atoms with Crippen molar-refractivity contribution in [2.24, 2.45) is 0 Å². The van der Waals surface area contributed by atoms with Crippen molar-refractivity contribution >= 4 is 0 Å². The Morgan fingerprint density at radius 3 is 3.09 bits per heavy atom. The Balaban J connectivity index is 2.62. The first-order chi connectivity index (χ1) is 5.34. The van der Waals surface area contributed by atoms with Crippen LogP contribution in [-0.4, -0.2) is 11.7 Å². The summed E-state index contributed by atoms with van der Waals surface area (Å²) in [6.45, 7) is 2.65. The van der Waals surface area contributed by atoms with E-state index in [0.29, 0.717) is 12.4 Å². The molecule has 0 fully saturated rings. The molecule has 0 bridgehead atoms. The Morgan fingerprint density at radius 1 is 1.64 bits per heavy atom. The molecule has 1 rings (SSSR count). The second-order valence-electron chi connectivity index (χ2n) is 2.23. The molecule has 1 N–H and O–H groups in total. The summed E-state index contributed by atoms with van der Waals surface area (Å²) in [6.07, 6.45) is 0.939. The fourth-order valence-corrected chi connectivity index (χ4v) is 0.741. The monoisotopic (exact) mass is 151 g/mol. The zero-order valence-corrected chi connectivity index (χ0v) is 6.50. The van der Waals surface area contributed by atoms with Crippen molar-refractivity contribution in [2.75, 3.05) is 6.61 Å². The van der Waals surface area contributed by atoms with Gasteiger partial charge in [0.2, 0.25) is 0 Å². The summed E-state index contributed by atoms with van der Waals surface area (Å²) >= 11 is 0. The van der Waals surface area contributed by atoms with E-state index in [1.807, 2.05) is 6.92 Å². The van der Waals surface area contributed by atoms with E-state index in [4.69, 9.17) is 9.84 Å². The highest BCUT2D eigenvalue weighted by Gasteiger charge is 1.97. The normalized spacial score (nSPS) is 9.55. The number of benzene rings is 1. The minimum atomic E-state index is 0.0842. The van der Waals surface area contributed by atoms with Gasteiger partial charge in [0.1, 0.15) is 0 Å². The van der Waals surface area contributed by atoms with E-state index in [9.17, 15) is 0 Å². The van der Waals surface area contributed by atoms with Crippen LogP contribution in [0, 0.1) is 6.07 Å². The third-order valence-electron chi connectivity index (χ3n) is 1.26. The van der Waals surface area contributed by atoms with E-state index in [1.165, 1.54) is 0 Å². The van der Waals surface area contributed by atoms with Crippen LogP contribution in [0.5, 0.6) is 11.5 Å². The summed E-state index contributed by atoms with van der Waals surface area (Å²) in [5.74, 6) is 0.593. The molecule has 0 saturated heterocycles. The van der Waals surface area contributed by atoms with Crippen molar-refractivity contribution < 1.29 is 9.84 Å². The molecular weight excluding hydrogens is 140 g/mol. The number of hydrogen-bond donors (Lipinski definition) is 1. The number of rotatable bonds is 3. The Bertz CT molecular complexity index is 221. The van der Waals surface area contributed by atoms with Gasteiger partial charge in [-0.25, -0.2) is 0 Å². The molecule has 0 unspecified atom stereocenters. The molecule has 2 heteroatoms. The molecule has 1 aromatic rings. The molecule has 0 heterocycles. The predicted octanol–water partition coefficient (Wildman–Crippen LogP) is 1.98. The number of hydrogen-bond acceptors (Lipinski definition) is 2. The Kier molecular flexibility index (Phi) is 2.78. The van der Waals surface area contributed by atoms with Crippen molar-refractivity contribution in [1.82, 2.24) is 0 Å². The van der Waals surface area contributed by atoms with Crippen LogP contribution in [0.4, 0.5) is 0 Å². The Morgan fingerprint density at radius 2 is 2.45 bits per heavy atom. The van der Waals surface area contributed by atoms with Crippen LogP contribution in [0.3, 0.4) is 0 Å². The first kappa shape index (κ1) is 7.92. The third-order valence-corrected chi connectivity index (χ3v) is 1.26. The molecule has 0 aliphatic carbocycles. The van der Waals surface area contributed by atoms with E-state index >= 15 is 0 Å². The number of phenolic OH excluding ortho intramolecular Hbond substituents is 1. The molecule has 0 amide bonds. The van der Waals surface area contributed by atoms with Gasteiger partial charge in [0.25, 0.3) is 0 Å². The third kappa shape index (κ3) is 2.15. The van der Waals surface area contributed by atoms with Crippen molar-refractivity contribution in [3.05, 3.63) is 24.3 Å². The van der Waals surface area contributed by atoms with Crippen molar-refractivity contribution in [3.8, 4) is 11.5 Å². The first-order valence-corrected chi connectivity index (χ1v) is 3.67. The summed E-state index contributed by atoms with van der Waals surface area (Å²) < 4.78 is 5.20. The maximum absolute atomic E-state index is 9.16. The van der Waals surface area contributed by atoms with Gasteiger partial charge in [-0.05, 0) is 12.5 Å². The van der Waals surface area contributed by atoms with E-state index in [-0.39, 0.29) is 5.75 Å². The molecule has 0 aliphatic heterocycles. The van der Waals surface area contributed by atoms with E-state index < -0.39 is 0 Å². The van der Waals surface area contributed by atoms with Crippen LogP contribution in [0.2, 0.25) is 0 Å². The van der Waals surface area contributed by atoms with E-state index in [1.54, 1.807) is 18.2 Å². The molecule has 0 aliphatic rings. The van der Waals surface area contributed by atoms with Gasteiger partial charge in [-0.15, -0.1) is 0 Å². The molecule has 2 nitrogen and oxygen atoms in total. The fourth-order valence-electron chi connectivity index (χ4n) is 0.741. The van der Waals surface area contributed by atoms with Crippen LogP contribution in [0.15, 0.2) is 18.2 Å². The highest BCUT2D eigenvalue weighted by molar-refractivity contribution is 5.36. The van der Waals surface area contributed by atoms with Crippen LogP contribution >= 0.6 is 0 Å². The Hall–Kier alpha value is -1.18. The van der Waals surface area contributed by atoms with Gasteiger partial charge in [-0.1, -0.05) is 19.1 Å². The number of ether oxygens (including phenoxy) is 1. The van der Waals surface area contributed by atoms with Gasteiger partial charge in [-0.3, -0.25) is 0 Å². The van der Waals surface area contributed by atoms with Crippen LogP contribution in [-0.2, 0) is 0 Å². The predicted molar refractivity (Wildman–Crippen MR) is 42.7 cm³/mol. The highest BCUT2D eigenvalue weighted by Crippen LogP contribution is 2.23. The zero-order valence-electron chi connectivity index (χ0n) is 6.50. The SMILES string of the molecule is CCCOc1ccc[c]c1O. The Labute approximate surface area is 66.4 Å². The zero-order chi connectivity index (χ0) is 8.10. The fraction of sp³-hybridized carbons (Fsp3) is 0.333. The average molecular weight is 151 g/mol. The molecule has 0 aromatic heterocycles. The average Bonchev–Trinajstić information content (AvgIpc) is 2.03. The van der Waals surface area contributed by atoms with Gasteiger partial charge in [0, 0.05) is 6.07 Å². The molecule has 0 saturated carbocycles. The summed E-state index contributed by atoms with van der Waals surface area (Å²) in [5, 5.41) is 9.16. The lowest BCUT2D eigenvalue weighted by molar-refractivity contribution is 0.299. The minimum absolute atomic E-state index is 0.0842. The maximum atomic E-state index is 9.16.